The highest BCUT2D eigenvalue weighted by atomic mass is 32.1. The largest absolute Gasteiger partial charge is 0.454 e. The second kappa shape index (κ2) is 4.36. The van der Waals surface area contributed by atoms with Crippen LogP contribution in [0.15, 0.2) is 30.3 Å². The molecule has 3 heterocycles. The third-order valence-electron chi connectivity index (χ3n) is 3.36. The first-order chi connectivity index (χ1) is 10.3. The molecule has 1 aliphatic rings. The minimum absolute atomic E-state index is 0.248. The van der Waals surface area contributed by atoms with Crippen LogP contribution in [0.1, 0.15) is 4.88 Å². The zero-order valence-corrected chi connectivity index (χ0v) is 11.6. The molecule has 5 nitrogen and oxygen atoms in total. The van der Waals surface area contributed by atoms with Crippen molar-refractivity contribution >= 4 is 27.2 Å². The minimum atomic E-state index is 0.248. The van der Waals surface area contributed by atoms with Crippen LogP contribution in [-0.4, -0.2) is 11.8 Å². The second-order valence-corrected chi connectivity index (χ2v) is 5.57. The van der Waals surface area contributed by atoms with E-state index in [2.05, 4.69) is 11.1 Å². The number of hydrogen-bond donors (Lipinski definition) is 1. The van der Waals surface area contributed by atoms with Gasteiger partial charge < -0.3 is 15.2 Å². The molecule has 4 rings (SSSR count). The van der Waals surface area contributed by atoms with Gasteiger partial charge >= 0.3 is 0 Å². The standard InChI is InChI=1S/C15H9N3O2S/c16-6-13-14(17)9-2-3-10(18-15(9)21-13)8-1-4-11-12(5-8)20-7-19-11/h1-5H,7,17H2. The van der Waals surface area contributed by atoms with Crippen LogP contribution in [0, 0.1) is 11.3 Å². The van der Waals surface area contributed by atoms with E-state index in [1.165, 1.54) is 11.3 Å². The van der Waals surface area contributed by atoms with Gasteiger partial charge in [0.2, 0.25) is 6.79 Å². The molecular formula is C15H9N3O2S. The van der Waals surface area contributed by atoms with Crippen molar-refractivity contribution < 1.29 is 9.47 Å². The Hall–Kier alpha value is -2.78. The van der Waals surface area contributed by atoms with Gasteiger partial charge in [-0.15, -0.1) is 11.3 Å². The van der Waals surface area contributed by atoms with E-state index in [0.29, 0.717) is 10.6 Å². The van der Waals surface area contributed by atoms with Crippen molar-refractivity contribution in [2.45, 2.75) is 0 Å². The molecule has 2 N–H and O–H groups in total. The molecule has 0 amide bonds. The molecular weight excluding hydrogens is 286 g/mol. The Kier molecular flexibility index (Phi) is 2.49. The van der Waals surface area contributed by atoms with Gasteiger partial charge in [0.25, 0.3) is 0 Å². The Morgan fingerprint density at radius 3 is 2.90 bits per heavy atom. The number of aromatic nitrogens is 1. The lowest BCUT2D eigenvalue weighted by Crippen LogP contribution is -1.92. The van der Waals surface area contributed by atoms with E-state index in [9.17, 15) is 0 Å². The fourth-order valence-corrected chi connectivity index (χ4v) is 3.19. The smallest absolute Gasteiger partial charge is 0.231 e. The number of nitrogens with two attached hydrogens (primary N) is 1. The summed E-state index contributed by atoms with van der Waals surface area (Å²) in [4.78, 5) is 5.85. The van der Waals surface area contributed by atoms with E-state index in [4.69, 9.17) is 20.5 Å². The molecule has 0 aliphatic carbocycles. The summed E-state index contributed by atoms with van der Waals surface area (Å²) in [5, 5.41) is 9.85. The molecule has 3 aromatic rings. The highest BCUT2D eigenvalue weighted by Gasteiger charge is 2.15. The molecule has 0 unspecified atom stereocenters. The number of benzene rings is 1. The predicted molar refractivity (Wildman–Crippen MR) is 80.3 cm³/mol. The lowest BCUT2D eigenvalue weighted by atomic mass is 10.1. The molecule has 0 saturated heterocycles. The lowest BCUT2D eigenvalue weighted by molar-refractivity contribution is 0.174. The Morgan fingerprint density at radius 2 is 2.05 bits per heavy atom. The first-order valence-corrected chi connectivity index (χ1v) is 7.07. The van der Waals surface area contributed by atoms with Gasteiger partial charge in [-0.1, -0.05) is 0 Å². The van der Waals surface area contributed by atoms with Crippen LogP contribution in [0.5, 0.6) is 11.5 Å². The number of anilines is 1. The van der Waals surface area contributed by atoms with Crippen LogP contribution < -0.4 is 15.2 Å². The van der Waals surface area contributed by atoms with E-state index < -0.39 is 0 Å². The fourth-order valence-electron chi connectivity index (χ4n) is 2.30. The van der Waals surface area contributed by atoms with Crippen molar-refractivity contribution in [2.24, 2.45) is 0 Å². The Labute approximate surface area is 124 Å². The summed E-state index contributed by atoms with van der Waals surface area (Å²) in [5.74, 6) is 1.46. The van der Waals surface area contributed by atoms with Crippen LogP contribution in [0.3, 0.4) is 0 Å². The summed E-state index contributed by atoms with van der Waals surface area (Å²) in [6.45, 7) is 0.248. The number of nitrogen functional groups attached to an aromatic ring is 1. The monoisotopic (exact) mass is 295 g/mol. The molecule has 0 bridgehead atoms. The zero-order valence-electron chi connectivity index (χ0n) is 10.8. The number of hydrogen-bond acceptors (Lipinski definition) is 6. The van der Waals surface area contributed by atoms with Gasteiger partial charge in [0.1, 0.15) is 15.8 Å². The first kappa shape index (κ1) is 12.0. The summed E-state index contributed by atoms with van der Waals surface area (Å²) >= 11 is 1.31. The number of fused-ring (bicyclic) bond motifs is 2. The zero-order chi connectivity index (χ0) is 14.4. The van der Waals surface area contributed by atoms with Crippen molar-refractivity contribution in [2.75, 3.05) is 12.5 Å². The van der Waals surface area contributed by atoms with Gasteiger partial charge in [0.15, 0.2) is 11.5 Å². The van der Waals surface area contributed by atoms with Gasteiger partial charge in [-0.3, -0.25) is 0 Å². The van der Waals surface area contributed by atoms with E-state index in [-0.39, 0.29) is 6.79 Å². The van der Waals surface area contributed by atoms with Gasteiger partial charge in [0, 0.05) is 10.9 Å². The summed E-state index contributed by atoms with van der Waals surface area (Å²) in [7, 11) is 0. The van der Waals surface area contributed by atoms with Gasteiger partial charge in [0.05, 0.1) is 11.4 Å². The van der Waals surface area contributed by atoms with Crippen LogP contribution in [-0.2, 0) is 0 Å². The number of nitriles is 1. The van der Waals surface area contributed by atoms with Crippen molar-refractivity contribution in [1.29, 1.82) is 5.26 Å². The van der Waals surface area contributed by atoms with Crippen molar-refractivity contribution in [1.82, 2.24) is 4.98 Å². The molecule has 102 valence electrons. The minimum Gasteiger partial charge on any atom is -0.454 e. The third kappa shape index (κ3) is 1.79. The molecule has 21 heavy (non-hydrogen) atoms. The van der Waals surface area contributed by atoms with Crippen molar-refractivity contribution in [3.05, 3.63) is 35.2 Å². The van der Waals surface area contributed by atoms with E-state index >= 15 is 0 Å². The maximum absolute atomic E-state index is 9.03. The number of thiophene rings is 1. The average molecular weight is 295 g/mol. The SMILES string of the molecule is N#Cc1sc2nc(-c3ccc4c(c3)OCO4)ccc2c1N. The highest BCUT2D eigenvalue weighted by Crippen LogP contribution is 2.37. The van der Waals surface area contributed by atoms with Gasteiger partial charge in [-0.05, 0) is 30.3 Å². The molecule has 0 saturated carbocycles. The quantitative estimate of drug-likeness (QED) is 0.745. The van der Waals surface area contributed by atoms with Crippen LogP contribution in [0.4, 0.5) is 5.69 Å². The molecule has 2 aromatic heterocycles. The lowest BCUT2D eigenvalue weighted by Gasteiger charge is -2.03. The number of ether oxygens (including phenoxy) is 2. The third-order valence-corrected chi connectivity index (χ3v) is 4.38. The maximum atomic E-state index is 9.03. The molecule has 1 aromatic carbocycles. The predicted octanol–water partition coefficient (Wildman–Crippen LogP) is 3.15. The summed E-state index contributed by atoms with van der Waals surface area (Å²) in [5.41, 5.74) is 8.17. The van der Waals surface area contributed by atoms with E-state index in [1.807, 2.05) is 30.3 Å². The van der Waals surface area contributed by atoms with Gasteiger partial charge in [-0.25, -0.2) is 4.98 Å². The highest BCUT2D eigenvalue weighted by molar-refractivity contribution is 7.19. The van der Waals surface area contributed by atoms with Crippen molar-refractivity contribution in [3.63, 3.8) is 0 Å². The molecule has 0 radical (unpaired) electrons. The topological polar surface area (TPSA) is 81.2 Å². The Morgan fingerprint density at radius 1 is 1.19 bits per heavy atom. The average Bonchev–Trinajstić information content (AvgIpc) is 3.10. The van der Waals surface area contributed by atoms with E-state index in [1.54, 1.807) is 0 Å². The van der Waals surface area contributed by atoms with Crippen LogP contribution in [0.25, 0.3) is 21.5 Å². The Bertz CT molecular complexity index is 911. The summed E-state index contributed by atoms with van der Waals surface area (Å²) < 4.78 is 10.7. The van der Waals surface area contributed by atoms with Gasteiger partial charge in [-0.2, -0.15) is 5.26 Å². The fraction of sp³-hybridized carbons (Fsp3) is 0.0667. The van der Waals surface area contributed by atoms with Crippen LogP contribution >= 0.6 is 11.3 Å². The molecule has 1 aliphatic heterocycles. The Balaban J connectivity index is 1.86. The van der Waals surface area contributed by atoms with Crippen molar-refractivity contribution in [3.8, 4) is 28.8 Å². The first-order valence-electron chi connectivity index (χ1n) is 6.25. The number of nitrogens with zero attached hydrogens (tertiary/aromatic N) is 2. The number of pyridine rings is 1. The molecule has 0 spiro atoms. The van der Waals surface area contributed by atoms with Crippen LogP contribution in [0.2, 0.25) is 0 Å². The molecule has 0 atom stereocenters. The summed E-state index contributed by atoms with van der Waals surface area (Å²) in [6.07, 6.45) is 0. The molecule has 0 fully saturated rings. The normalized spacial score (nSPS) is 12.5. The van der Waals surface area contributed by atoms with E-state index in [0.717, 1.165) is 33.0 Å². The maximum Gasteiger partial charge on any atom is 0.231 e. The number of rotatable bonds is 1. The molecule has 6 heteroatoms. The second-order valence-electron chi connectivity index (χ2n) is 4.57. The summed E-state index contributed by atoms with van der Waals surface area (Å²) in [6, 6.07) is 11.6.